The highest BCUT2D eigenvalue weighted by atomic mass is 127. The molecule has 1 saturated carbocycles. The zero-order valence-electron chi connectivity index (χ0n) is 15.0. The number of hydrogen-bond acceptors (Lipinski definition) is 2. The number of guanidine groups is 1. The molecule has 0 aromatic carbocycles. The largest absolute Gasteiger partial charge is 0.392 e. The van der Waals surface area contributed by atoms with Gasteiger partial charge in [0.25, 0.3) is 0 Å². The average Bonchev–Trinajstić information content (AvgIpc) is 2.81. The van der Waals surface area contributed by atoms with Crippen molar-refractivity contribution in [2.24, 2.45) is 17.5 Å². The van der Waals surface area contributed by atoms with Gasteiger partial charge in [-0.25, -0.2) is 0 Å². The summed E-state index contributed by atoms with van der Waals surface area (Å²) >= 11 is 3.51. The van der Waals surface area contributed by atoms with Crippen LogP contribution in [0.25, 0.3) is 0 Å². The molecular formula is C17H30BrIN4O. The van der Waals surface area contributed by atoms with Crippen molar-refractivity contribution in [3.8, 4) is 0 Å². The summed E-state index contributed by atoms with van der Waals surface area (Å²) in [6, 6.07) is 2.12. The fourth-order valence-corrected chi connectivity index (χ4v) is 3.87. The molecule has 0 bridgehead atoms. The second-order valence-corrected chi connectivity index (χ2v) is 7.85. The van der Waals surface area contributed by atoms with Crippen LogP contribution in [-0.4, -0.2) is 47.3 Å². The monoisotopic (exact) mass is 512 g/mol. The minimum Gasteiger partial charge on any atom is -0.392 e. The van der Waals surface area contributed by atoms with Crippen LogP contribution < -0.4 is 5.32 Å². The fraction of sp³-hybridized carbons (Fsp3) is 0.706. The molecule has 1 heterocycles. The SMILES string of the molecule is CN=C(NCC1(C)CCCCC1O)N(C)Cc1cc(Br)cn1C.I. The van der Waals surface area contributed by atoms with Crippen molar-refractivity contribution in [3.63, 3.8) is 0 Å². The smallest absolute Gasteiger partial charge is 0.193 e. The molecule has 0 saturated heterocycles. The summed E-state index contributed by atoms with van der Waals surface area (Å²) in [6.45, 7) is 3.70. The molecule has 0 radical (unpaired) electrons. The van der Waals surface area contributed by atoms with Gasteiger partial charge in [0.15, 0.2) is 5.96 Å². The molecule has 5 nitrogen and oxygen atoms in total. The lowest BCUT2D eigenvalue weighted by molar-refractivity contribution is 0.00368. The van der Waals surface area contributed by atoms with Gasteiger partial charge in [0.1, 0.15) is 0 Å². The van der Waals surface area contributed by atoms with Crippen molar-refractivity contribution in [1.82, 2.24) is 14.8 Å². The van der Waals surface area contributed by atoms with Crippen molar-refractivity contribution in [2.75, 3.05) is 20.6 Å². The first kappa shape index (κ1) is 21.8. The third-order valence-electron chi connectivity index (χ3n) is 4.98. The van der Waals surface area contributed by atoms with Crippen LogP contribution in [0.4, 0.5) is 0 Å². The van der Waals surface area contributed by atoms with Crippen LogP contribution in [0.2, 0.25) is 0 Å². The highest BCUT2D eigenvalue weighted by Gasteiger charge is 2.35. The van der Waals surface area contributed by atoms with E-state index in [-0.39, 0.29) is 35.5 Å². The molecule has 0 amide bonds. The van der Waals surface area contributed by atoms with Gasteiger partial charge in [0.05, 0.1) is 12.6 Å². The predicted octanol–water partition coefficient (Wildman–Crippen LogP) is 3.35. The van der Waals surface area contributed by atoms with Gasteiger partial charge in [0.2, 0.25) is 0 Å². The molecule has 1 fully saturated rings. The Hall–Kier alpha value is -0.280. The van der Waals surface area contributed by atoms with E-state index in [1.165, 1.54) is 12.1 Å². The van der Waals surface area contributed by atoms with Crippen LogP contribution in [0.5, 0.6) is 0 Å². The number of nitrogens with zero attached hydrogens (tertiary/aromatic N) is 3. The number of aromatic nitrogens is 1. The summed E-state index contributed by atoms with van der Waals surface area (Å²) in [5, 5.41) is 13.8. The van der Waals surface area contributed by atoms with E-state index in [0.29, 0.717) is 0 Å². The van der Waals surface area contributed by atoms with Gasteiger partial charge < -0.3 is 19.9 Å². The van der Waals surface area contributed by atoms with Crippen molar-refractivity contribution in [1.29, 1.82) is 0 Å². The minimum atomic E-state index is -0.226. The van der Waals surface area contributed by atoms with Crippen LogP contribution in [0, 0.1) is 5.41 Å². The van der Waals surface area contributed by atoms with E-state index in [9.17, 15) is 5.11 Å². The molecule has 0 spiro atoms. The fourth-order valence-electron chi connectivity index (χ4n) is 3.29. The Morgan fingerprint density at radius 3 is 2.79 bits per heavy atom. The lowest BCUT2D eigenvalue weighted by atomic mass is 9.73. The molecule has 2 atom stereocenters. The molecule has 138 valence electrons. The molecule has 24 heavy (non-hydrogen) atoms. The van der Waals surface area contributed by atoms with Crippen molar-refractivity contribution < 1.29 is 5.11 Å². The Morgan fingerprint density at radius 2 is 2.25 bits per heavy atom. The standard InChI is InChI=1S/C17H29BrN4O.HI/c1-17(8-6-5-7-15(17)23)12-20-16(19-2)22(4)11-14-9-13(18)10-21(14)3;/h9-10,15,23H,5-8,11-12H2,1-4H3,(H,19,20);1H. The average molecular weight is 513 g/mol. The van der Waals surface area contributed by atoms with Crippen molar-refractivity contribution >= 4 is 45.9 Å². The van der Waals surface area contributed by atoms with Gasteiger partial charge >= 0.3 is 0 Å². The van der Waals surface area contributed by atoms with Crippen LogP contribution >= 0.6 is 39.9 Å². The third kappa shape index (κ3) is 5.36. The maximum atomic E-state index is 10.3. The number of rotatable bonds is 4. The molecule has 2 rings (SSSR count). The van der Waals surface area contributed by atoms with Gasteiger partial charge in [-0.3, -0.25) is 4.99 Å². The number of nitrogens with one attached hydrogen (secondary N) is 1. The second-order valence-electron chi connectivity index (χ2n) is 6.93. The molecule has 1 aromatic rings. The molecule has 2 unspecified atom stereocenters. The summed E-state index contributed by atoms with van der Waals surface area (Å²) in [7, 11) is 5.89. The first-order chi connectivity index (χ1) is 10.9. The zero-order valence-corrected chi connectivity index (χ0v) is 19.0. The summed E-state index contributed by atoms with van der Waals surface area (Å²) < 4.78 is 3.20. The molecule has 2 N–H and O–H groups in total. The van der Waals surface area contributed by atoms with Crippen LogP contribution in [0.3, 0.4) is 0 Å². The van der Waals surface area contributed by atoms with E-state index in [2.05, 4.69) is 54.9 Å². The van der Waals surface area contributed by atoms with Crippen molar-refractivity contribution in [3.05, 3.63) is 22.4 Å². The van der Waals surface area contributed by atoms with Gasteiger partial charge in [-0.15, -0.1) is 24.0 Å². The first-order valence-corrected chi connectivity index (χ1v) is 9.05. The molecule has 7 heteroatoms. The minimum absolute atomic E-state index is 0. The van der Waals surface area contributed by atoms with Gasteiger partial charge in [0, 0.05) is 49.5 Å². The van der Waals surface area contributed by atoms with E-state index in [4.69, 9.17) is 0 Å². The van der Waals surface area contributed by atoms with Gasteiger partial charge in [-0.2, -0.15) is 0 Å². The molecular weight excluding hydrogens is 483 g/mol. The van der Waals surface area contributed by atoms with E-state index in [0.717, 1.165) is 42.8 Å². The number of halogens is 2. The Labute approximate surface area is 171 Å². The Kier molecular flexibility index (Phi) is 8.55. The number of aryl methyl sites for hydroxylation is 1. The molecule has 0 aliphatic heterocycles. The molecule has 1 aliphatic carbocycles. The van der Waals surface area contributed by atoms with Crippen LogP contribution in [0.1, 0.15) is 38.3 Å². The summed E-state index contributed by atoms with van der Waals surface area (Å²) in [4.78, 5) is 6.50. The lowest BCUT2D eigenvalue weighted by Crippen LogP contribution is -2.48. The highest BCUT2D eigenvalue weighted by Crippen LogP contribution is 2.35. The summed E-state index contributed by atoms with van der Waals surface area (Å²) in [5.41, 5.74) is 1.15. The quantitative estimate of drug-likeness (QED) is 0.369. The second kappa shape index (κ2) is 9.43. The Balaban J connectivity index is 0.00000288. The Morgan fingerprint density at radius 1 is 1.54 bits per heavy atom. The van der Waals surface area contributed by atoms with Gasteiger partial charge in [-0.1, -0.05) is 19.8 Å². The molecule has 1 aromatic heterocycles. The molecule has 1 aliphatic rings. The number of aliphatic imine (C=N–C) groups is 1. The van der Waals surface area contributed by atoms with Crippen molar-refractivity contribution in [2.45, 2.75) is 45.3 Å². The normalized spacial score (nSPS) is 24.4. The van der Waals surface area contributed by atoms with E-state index in [1.807, 2.05) is 14.1 Å². The first-order valence-electron chi connectivity index (χ1n) is 8.26. The number of aliphatic hydroxyl groups is 1. The topological polar surface area (TPSA) is 52.8 Å². The highest BCUT2D eigenvalue weighted by molar-refractivity contribution is 14.0. The van der Waals surface area contributed by atoms with E-state index in [1.54, 1.807) is 7.05 Å². The van der Waals surface area contributed by atoms with E-state index < -0.39 is 0 Å². The van der Waals surface area contributed by atoms with E-state index >= 15 is 0 Å². The Bertz CT molecular complexity index is 563. The summed E-state index contributed by atoms with van der Waals surface area (Å²) in [6.07, 6.45) is 6.13. The van der Waals surface area contributed by atoms with Crippen LogP contribution in [-0.2, 0) is 13.6 Å². The van der Waals surface area contributed by atoms with Gasteiger partial charge in [-0.05, 0) is 34.8 Å². The number of aliphatic hydroxyl groups excluding tert-OH is 1. The summed E-state index contributed by atoms with van der Waals surface area (Å²) in [5.74, 6) is 0.862. The predicted molar refractivity (Wildman–Crippen MR) is 114 cm³/mol. The number of hydrogen-bond donors (Lipinski definition) is 2. The zero-order chi connectivity index (χ0) is 17.0. The third-order valence-corrected chi connectivity index (χ3v) is 5.41. The maximum Gasteiger partial charge on any atom is 0.193 e. The maximum absolute atomic E-state index is 10.3. The van der Waals surface area contributed by atoms with Crippen LogP contribution in [0.15, 0.2) is 21.7 Å². The lowest BCUT2D eigenvalue weighted by Gasteiger charge is -2.39.